The van der Waals surface area contributed by atoms with Crippen LogP contribution in [0.3, 0.4) is 0 Å². The summed E-state index contributed by atoms with van der Waals surface area (Å²) in [5.74, 6) is 2.07. The first-order valence-corrected chi connectivity index (χ1v) is 28.7. The molecule has 0 saturated heterocycles. The molecule has 0 atom stereocenters. The van der Waals surface area contributed by atoms with Crippen molar-refractivity contribution < 1.29 is 25.8 Å². The molecule has 358 valence electrons. The predicted molar refractivity (Wildman–Crippen MR) is 301 cm³/mol. The van der Waals surface area contributed by atoms with Gasteiger partial charge in [-0.25, -0.2) is 0 Å². The zero-order valence-corrected chi connectivity index (χ0v) is 45.3. The molecule has 0 bridgehead atoms. The summed E-state index contributed by atoms with van der Waals surface area (Å²) in [5, 5.41) is 6.25. The summed E-state index contributed by atoms with van der Waals surface area (Å²) in [7, 11) is 6.95. The summed E-state index contributed by atoms with van der Waals surface area (Å²) in [4.78, 5) is 9.49. The van der Waals surface area contributed by atoms with Crippen molar-refractivity contribution in [1.82, 2.24) is 9.55 Å². The second-order valence-electron chi connectivity index (χ2n) is 19.8. The van der Waals surface area contributed by atoms with Crippen molar-refractivity contribution >= 4 is 86.8 Å². The number of pyridine rings is 1. The van der Waals surface area contributed by atoms with Gasteiger partial charge in [-0.1, -0.05) is 78.9 Å². The van der Waals surface area contributed by atoms with Crippen molar-refractivity contribution in [2.45, 2.75) is 26.2 Å². The van der Waals surface area contributed by atoms with Crippen molar-refractivity contribution in [1.29, 1.82) is 0 Å². The number of ether oxygens (including phenoxy) is 1. The number of para-hydroxylation sites is 5. The Labute approximate surface area is 444 Å². The summed E-state index contributed by atoms with van der Waals surface area (Å²) in [6.07, 6.45) is 1.94. The van der Waals surface area contributed by atoms with Crippen molar-refractivity contribution in [3.8, 4) is 39.6 Å². The number of nitrogens with zero attached hydrogens (tertiary/aromatic N) is 4. The number of nitrogens with one attached hydrogen (secondary N) is 1. The second kappa shape index (κ2) is 18.1. The Kier molecular flexibility index (Phi) is 11.5. The maximum atomic E-state index is 7.08. The third-order valence-electron chi connectivity index (χ3n) is 14.7. The molecule has 0 aliphatic carbocycles. The van der Waals surface area contributed by atoms with Gasteiger partial charge in [0.25, 0.3) is 0 Å². The Balaban J connectivity index is 0.00000543. The standard InChI is InChI=1S/C65H50GeN5O.Pt/c1-65(2,3)45-37-38-67-61(39-45)71-59-36-20-31-53-62(59)63-54(66(53)51-29-12-15-33-56(51)69(4)57-34-16-13-30-52(57)66)41-48(42-60(63)71)72-47-26-18-25-46(40-47)68-55-32-14-17-35-58(55)70(5)64-49(43-21-8-6-9-22-43)27-19-28-50(64)44-23-10-7-11-24-44;/h6-39,41,68H,5H2,1-4H3;/q-3;. The van der Waals surface area contributed by atoms with Crippen molar-refractivity contribution in [2.75, 3.05) is 22.2 Å². The van der Waals surface area contributed by atoms with Gasteiger partial charge in [0.15, 0.2) is 0 Å². The van der Waals surface area contributed by atoms with E-state index in [0.717, 1.165) is 61.9 Å². The van der Waals surface area contributed by atoms with Crippen LogP contribution in [0.25, 0.3) is 49.9 Å². The van der Waals surface area contributed by atoms with Gasteiger partial charge in [-0.15, -0.1) is 0 Å². The van der Waals surface area contributed by atoms with Gasteiger partial charge in [0.05, 0.1) is 0 Å². The molecule has 8 heteroatoms. The molecule has 0 saturated carbocycles. The molecule has 0 radical (unpaired) electrons. The van der Waals surface area contributed by atoms with E-state index >= 15 is 0 Å². The van der Waals surface area contributed by atoms with Crippen LogP contribution in [0.4, 0.5) is 34.1 Å². The van der Waals surface area contributed by atoms with E-state index in [9.17, 15) is 0 Å². The third-order valence-corrected chi connectivity index (χ3v) is 25.0. The van der Waals surface area contributed by atoms with E-state index in [-0.39, 0.29) is 26.5 Å². The average Bonchev–Trinajstić information content (AvgIpc) is 3.92. The van der Waals surface area contributed by atoms with Crippen LogP contribution in [0.1, 0.15) is 26.3 Å². The van der Waals surface area contributed by atoms with E-state index < -0.39 is 13.3 Å². The Morgan fingerprint density at radius 3 is 1.88 bits per heavy atom. The normalized spacial score (nSPS) is 13.0. The minimum atomic E-state index is -3.74. The molecule has 13 rings (SSSR count). The number of fused-ring (bicyclic) bond motifs is 6. The van der Waals surface area contributed by atoms with E-state index in [0.29, 0.717) is 11.5 Å². The number of aromatic nitrogens is 2. The quantitative estimate of drug-likeness (QED) is 0.115. The van der Waals surface area contributed by atoms with E-state index in [2.05, 4.69) is 242 Å². The molecule has 4 heterocycles. The van der Waals surface area contributed by atoms with Gasteiger partial charge in [0.2, 0.25) is 0 Å². The monoisotopic (exact) mass is 1190 g/mol. The Hall–Kier alpha value is -7.64. The van der Waals surface area contributed by atoms with Crippen LogP contribution >= 0.6 is 0 Å². The fourth-order valence-electron chi connectivity index (χ4n) is 11.5. The first-order valence-electron chi connectivity index (χ1n) is 24.5. The van der Waals surface area contributed by atoms with Crippen LogP contribution in [0.2, 0.25) is 0 Å². The fraction of sp³-hybridized carbons (Fsp3) is 0.0769. The first kappa shape index (κ1) is 46.4. The molecule has 2 aliphatic rings. The summed E-state index contributed by atoms with van der Waals surface area (Å²) >= 11 is -3.74. The predicted octanol–water partition coefficient (Wildman–Crippen LogP) is 13.6. The van der Waals surface area contributed by atoms with E-state index in [4.69, 9.17) is 16.8 Å². The van der Waals surface area contributed by atoms with Gasteiger partial charge < -0.3 is 0 Å². The van der Waals surface area contributed by atoms with Crippen LogP contribution in [0, 0.1) is 19.2 Å². The second-order valence-corrected chi connectivity index (χ2v) is 27.5. The summed E-state index contributed by atoms with van der Waals surface area (Å²) < 4.78 is 15.0. The number of anilines is 6. The van der Waals surface area contributed by atoms with Gasteiger partial charge in [-0.05, 0) is 11.1 Å². The van der Waals surface area contributed by atoms with Gasteiger partial charge in [0.1, 0.15) is 0 Å². The van der Waals surface area contributed by atoms with Crippen LogP contribution in [0.5, 0.6) is 11.5 Å². The zero-order valence-electron chi connectivity index (χ0n) is 40.9. The van der Waals surface area contributed by atoms with Crippen LogP contribution in [-0.4, -0.2) is 29.9 Å². The van der Waals surface area contributed by atoms with E-state index in [1.807, 2.05) is 30.5 Å². The molecule has 9 aromatic carbocycles. The number of benzene rings is 9. The van der Waals surface area contributed by atoms with E-state index in [1.54, 1.807) is 0 Å². The maximum absolute atomic E-state index is 7.08. The Morgan fingerprint density at radius 1 is 0.589 bits per heavy atom. The molecular weight excluding hydrogens is 1130 g/mol. The minimum Gasteiger partial charge on any atom is -0.0622 e. The molecule has 2 aromatic heterocycles. The number of hydrogen-bond donors (Lipinski definition) is 1. The van der Waals surface area contributed by atoms with Gasteiger partial charge >= 0.3 is 325 Å². The molecule has 0 amide bonds. The van der Waals surface area contributed by atoms with Crippen molar-refractivity contribution in [3.05, 3.63) is 237 Å². The number of rotatable bonds is 9. The smallest absolute Gasteiger partial charge is 0.0622 e. The SMILES string of the molecule is [CH2-]N(c1ccccc1Nc1[c-]c(Oc2[c-]c3c4[c](c2)[Ge]2([c]5ccccc5N(C)c5cccc[c]52)[c]2cccc(c24)n3-c2cc(C(C)(C)C)ccn2)ccc1)c1c(-c2ccccc2)cccc1-c1ccccc1.[Pt]. The molecule has 0 fully saturated rings. The Morgan fingerprint density at radius 2 is 1.19 bits per heavy atom. The molecule has 1 spiro atoms. The third kappa shape index (κ3) is 7.44. The first-order chi connectivity index (χ1) is 35.2. The fourth-order valence-corrected chi connectivity index (χ4v) is 23.3. The van der Waals surface area contributed by atoms with Crippen LogP contribution in [-0.2, 0) is 26.5 Å². The molecule has 2 aliphatic heterocycles. The van der Waals surface area contributed by atoms with Gasteiger partial charge in [0, 0.05) is 32.2 Å². The molecule has 1 N–H and O–H groups in total. The molecule has 11 aromatic rings. The minimum absolute atomic E-state index is 0. The van der Waals surface area contributed by atoms with Gasteiger partial charge in [-0.2, -0.15) is 0 Å². The van der Waals surface area contributed by atoms with E-state index in [1.165, 1.54) is 45.3 Å². The summed E-state index contributed by atoms with van der Waals surface area (Å²) in [6, 6.07) is 81.0. The topological polar surface area (TPSA) is 45.6 Å². The van der Waals surface area contributed by atoms with Crippen molar-refractivity contribution in [2.24, 2.45) is 0 Å². The van der Waals surface area contributed by atoms with Crippen LogP contribution < -0.4 is 37.4 Å². The average molecular weight is 1180 g/mol. The molecular formula is C65H50GeN5OPt-3. The van der Waals surface area contributed by atoms with Crippen LogP contribution in [0.15, 0.2) is 212 Å². The van der Waals surface area contributed by atoms with Crippen molar-refractivity contribution in [3.63, 3.8) is 0 Å². The summed E-state index contributed by atoms with van der Waals surface area (Å²) in [5.41, 5.74) is 13.7. The molecule has 6 nitrogen and oxygen atoms in total. The molecule has 0 unspecified atom stereocenters. The zero-order chi connectivity index (χ0) is 48.7. The Bertz CT molecular complexity index is 3820. The summed E-state index contributed by atoms with van der Waals surface area (Å²) in [6.45, 7) is 6.76. The number of hydrogen-bond acceptors (Lipinski definition) is 5. The van der Waals surface area contributed by atoms with Gasteiger partial charge in [-0.3, -0.25) is 0 Å². The molecule has 73 heavy (non-hydrogen) atoms.